The number of nitrogens with zero attached hydrogens (tertiary/aromatic N) is 4. The molecule has 1 amide bonds. The van der Waals surface area contributed by atoms with Gasteiger partial charge in [0, 0.05) is 37.5 Å². The van der Waals surface area contributed by atoms with Gasteiger partial charge in [0.2, 0.25) is 0 Å². The molecule has 19 heteroatoms. The van der Waals surface area contributed by atoms with Crippen molar-refractivity contribution >= 4 is 23.8 Å². The predicted molar refractivity (Wildman–Crippen MR) is 213 cm³/mol. The molecule has 2 aromatic carbocycles. The summed E-state index contributed by atoms with van der Waals surface area (Å²) in [4.78, 5) is 71.0. The van der Waals surface area contributed by atoms with E-state index in [9.17, 15) is 34.5 Å². The van der Waals surface area contributed by atoms with Crippen LogP contribution in [0.2, 0.25) is 0 Å². The van der Waals surface area contributed by atoms with Gasteiger partial charge in [-0.3, -0.25) is 19.9 Å². The summed E-state index contributed by atoms with van der Waals surface area (Å²) in [6, 6.07) is 13.9. The number of rotatable bonds is 26. The highest BCUT2D eigenvalue weighted by Crippen LogP contribution is 2.35. The average molecular weight is 845 g/mol. The SMILES string of the molecule is CCCC(C#N)CCC(c1ccc(OCC(=O)NN2CCC(C(C)O[N+](=O)OC(=O)CC(O)(CC(=O)O)C(=O)O)CC2)c(OC)c1)N(C)CCc1ccc(OC)c(OC)c1. The highest BCUT2D eigenvalue weighted by atomic mass is 17.0. The van der Waals surface area contributed by atoms with Gasteiger partial charge in [-0.1, -0.05) is 25.5 Å². The Labute approximate surface area is 349 Å². The summed E-state index contributed by atoms with van der Waals surface area (Å²) in [7, 11) is 6.79. The van der Waals surface area contributed by atoms with Gasteiger partial charge in [-0.05, 0) is 87.9 Å². The molecule has 0 bridgehead atoms. The molecule has 0 saturated carbocycles. The van der Waals surface area contributed by atoms with Crippen molar-refractivity contribution in [3.05, 3.63) is 52.4 Å². The monoisotopic (exact) mass is 844 g/mol. The molecule has 0 radical (unpaired) electrons. The Morgan fingerprint density at radius 3 is 2.22 bits per heavy atom. The average Bonchev–Trinajstić information content (AvgIpc) is 3.21. The Hall–Kier alpha value is -5.71. The number of amides is 1. The molecule has 3 rings (SSSR count). The van der Waals surface area contributed by atoms with Gasteiger partial charge in [0.25, 0.3) is 5.91 Å². The van der Waals surface area contributed by atoms with Crippen LogP contribution in [0, 0.1) is 28.1 Å². The number of nitrogens with one attached hydrogen (secondary N) is 1. The minimum atomic E-state index is -2.97. The molecule has 0 aromatic heterocycles. The van der Waals surface area contributed by atoms with E-state index in [1.54, 1.807) is 32.2 Å². The zero-order chi connectivity index (χ0) is 44.4. The number of likely N-dealkylation sites (N-methyl/N-ethyl adjacent to an activating group) is 1. The number of hydrogen-bond acceptors (Lipinski definition) is 15. The van der Waals surface area contributed by atoms with E-state index in [1.165, 1.54) is 7.11 Å². The number of hydrogen-bond donors (Lipinski definition) is 4. The van der Waals surface area contributed by atoms with Crippen LogP contribution in [-0.4, -0.2) is 120 Å². The van der Waals surface area contributed by atoms with E-state index in [4.69, 9.17) is 34.0 Å². The topological polar surface area (TPSA) is 247 Å². The van der Waals surface area contributed by atoms with Gasteiger partial charge in [0.15, 0.2) is 41.3 Å². The number of piperidine rings is 1. The van der Waals surface area contributed by atoms with E-state index in [-0.39, 0.29) is 24.5 Å². The van der Waals surface area contributed by atoms with Crippen molar-refractivity contribution in [2.45, 2.75) is 89.4 Å². The molecule has 4 unspecified atom stereocenters. The number of carbonyl (C=O) groups is 4. The number of aliphatic carboxylic acids is 2. The fraction of sp³-hybridized carbons (Fsp3) is 0.585. The second-order valence-electron chi connectivity index (χ2n) is 14.8. The molecule has 4 atom stereocenters. The molecule has 0 aliphatic carbocycles. The largest absolute Gasteiger partial charge is 0.493 e. The van der Waals surface area contributed by atoms with Crippen molar-refractivity contribution < 1.29 is 68.2 Å². The van der Waals surface area contributed by atoms with Crippen molar-refractivity contribution in [3.8, 4) is 29.1 Å². The number of hydrazine groups is 1. The summed E-state index contributed by atoms with van der Waals surface area (Å²) in [5, 5.41) is 38.9. The van der Waals surface area contributed by atoms with Crippen molar-refractivity contribution in [2.75, 3.05) is 54.6 Å². The standard InChI is InChI=1S/C41H57N5O14/c1-7-8-29(25-42)9-12-32(44(3)18-15-28-10-13-33(55-4)35(21-28)56-5)31-11-14-34(36(22-31)57-6)58-26-37(47)43-45-19-16-30(17-20-45)27(2)59-46(54)60-39(50)24-41(53,40(51)52)23-38(48)49/h10-11,13-14,21-22,27,29-30,32,53H,7-9,12,15-20,23-24,26H2,1-6H3,(H2-,43,47,48,49,51,52)/p+1. The van der Waals surface area contributed by atoms with Crippen LogP contribution in [0.5, 0.6) is 23.0 Å². The van der Waals surface area contributed by atoms with Gasteiger partial charge in [0.05, 0.1) is 40.2 Å². The predicted octanol–water partition coefficient (Wildman–Crippen LogP) is 4.01. The third-order valence-corrected chi connectivity index (χ3v) is 10.5. The fourth-order valence-corrected chi connectivity index (χ4v) is 7.02. The first-order chi connectivity index (χ1) is 28.5. The summed E-state index contributed by atoms with van der Waals surface area (Å²) in [5.74, 6) is -3.63. The second-order valence-corrected chi connectivity index (χ2v) is 14.8. The van der Waals surface area contributed by atoms with E-state index < -0.39 is 53.4 Å². The summed E-state index contributed by atoms with van der Waals surface area (Å²) in [6.45, 7) is 4.86. The number of aliphatic hydroxyl groups is 1. The minimum absolute atomic E-state index is 0.0392. The molecular formula is C41H58N5O14+. The first-order valence-electron chi connectivity index (χ1n) is 19.7. The quantitative estimate of drug-likeness (QED) is 0.0977. The van der Waals surface area contributed by atoms with Crippen molar-refractivity contribution in [1.82, 2.24) is 15.3 Å². The maximum atomic E-state index is 12.9. The Bertz CT molecular complexity index is 1810. The summed E-state index contributed by atoms with van der Waals surface area (Å²) >= 11 is 0. The Balaban J connectivity index is 1.55. The van der Waals surface area contributed by atoms with Gasteiger partial charge < -0.3 is 34.3 Å². The molecule has 2 aromatic rings. The molecule has 330 valence electrons. The molecule has 1 saturated heterocycles. The van der Waals surface area contributed by atoms with Crippen LogP contribution in [0.4, 0.5) is 0 Å². The number of carbonyl (C=O) groups excluding carboxylic acids is 2. The molecule has 1 heterocycles. The summed E-state index contributed by atoms with van der Waals surface area (Å²) in [6.07, 6.45) is 1.59. The van der Waals surface area contributed by atoms with Gasteiger partial charge >= 0.3 is 23.0 Å². The minimum Gasteiger partial charge on any atom is -0.493 e. The zero-order valence-corrected chi connectivity index (χ0v) is 35.1. The van der Waals surface area contributed by atoms with Crippen LogP contribution in [0.25, 0.3) is 0 Å². The number of methoxy groups -OCH3 is 3. The highest BCUT2D eigenvalue weighted by Gasteiger charge is 2.44. The van der Waals surface area contributed by atoms with Crippen LogP contribution in [0.3, 0.4) is 0 Å². The van der Waals surface area contributed by atoms with Gasteiger partial charge in [-0.25, -0.2) is 14.6 Å². The number of benzene rings is 2. The normalized spacial score (nSPS) is 15.7. The molecule has 19 nitrogen and oxygen atoms in total. The fourth-order valence-electron chi connectivity index (χ4n) is 7.02. The number of ether oxygens (including phenoxy) is 4. The van der Waals surface area contributed by atoms with Gasteiger partial charge in [-0.2, -0.15) is 10.1 Å². The van der Waals surface area contributed by atoms with E-state index >= 15 is 0 Å². The highest BCUT2D eigenvalue weighted by molar-refractivity contribution is 5.88. The lowest BCUT2D eigenvalue weighted by Gasteiger charge is -2.32. The lowest BCUT2D eigenvalue weighted by Crippen LogP contribution is -2.49. The first-order valence-corrected chi connectivity index (χ1v) is 19.7. The molecule has 60 heavy (non-hydrogen) atoms. The molecule has 1 fully saturated rings. The maximum absolute atomic E-state index is 12.9. The lowest BCUT2D eigenvalue weighted by atomic mass is 9.92. The Morgan fingerprint density at radius 2 is 1.62 bits per heavy atom. The molecular weight excluding hydrogens is 786 g/mol. The van der Waals surface area contributed by atoms with Crippen LogP contribution < -0.4 is 24.4 Å². The van der Waals surface area contributed by atoms with Crippen LogP contribution in [0.1, 0.15) is 82.4 Å². The van der Waals surface area contributed by atoms with Crippen LogP contribution in [0.15, 0.2) is 36.4 Å². The van der Waals surface area contributed by atoms with E-state index in [2.05, 4.69) is 35.2 Å². The molecule has 1 aliphatic rings. The number of nitriles is 1. The van der Waals surface area contributed by atoms with Gasteiger partial charge in [-0.15, -0.1) is 4.84 Å². The molecule has 0 spiro atoms. The first kappa shape index (κ1) is 48.7. The van der Waals surface area contributed by atoms with Crippen molar-refractivity contribution in [2.24, 2.45) is 11.8 Å². The summed E-state index contributed by atoms with van der Waals surface area (Å²) in [5.41, 5.74) is 1.91. The van der Waals surface area contributed by atoms with Crippen LogP contribution >= 0.6 is 0 Å². The molecule has 4 N–H and O–H groups in total. The third-order valence-electron chi connectivity index (χ3n) is 10.5. The maximum Gasteiger partial charge on any atom is 0.486 e. The van der Waals surface area contributed by atoms with E-state index in [0.29, 0.717) is 48.9 Å². The third kappa shape index (κ3) is 14.8. The number of carboxylic acid groups (broad SMARTS) is 2. The Kier molecular flexibility index (Phi) is 19.3. The summed E-state index contributed by atoms with van der Waals surface area (Å²) < 4.78 is 22.5. The van der Waals surface area contributed by atoms with E-state index in [1.807, 2.05) is 30.3 Å². The lowest BCUT2D eigenvalue weighted by molar-refractivity contribution is -0.970. The Morgan fingerprint density at radius 1 is 0.967 bits per heavy atom. The number of carboxylic acids is 2. The van der Waals surface area contributed by atoms with Crippen molar-refractivity contribution in [1.29, 1.82) is 5.26 Å². The van der Waals surface area contributed by atoms with Crippen molar-refractivity contribution in [3.63, 3.8) is 0 Å². The molecule has 1 aliphatic heterocycles. The van der Waals surface area contributed by atoms with E-state index in [0.717, 1.165) is 49.8 Å². The smallest absolute Gasteiger partial charge is 0.486 e. The van der Waals surface area contributed by atoms with Gasteiger partial charge in [0.1, 0.15) is 4.91 Å². The second kappa shape index (κ2) is 23.8. The van der Waals surface area contributed by atoms with Crippen LogP contribution in [-0.2, 0) is 35.3 Å². The zero-order valence-electron chi connectivity index (χ0n) is 35.1.